The average Bonchev–Trinajstić information content (AvgIpc) is 3.58. The van der Waals surface area contributed by atoms with Crippen molar-refractivity contribution in [1.82, 2.24) is 5.32 Å². The maximum atomic E-state index is 12.9. The molecule has 1 saturated carbocycles. The van der Waals surface area contributed by atoms with E-state index >= 15 is 0 Å². The second-order valence-electron chi connectivity index (χ2n) is 7.44. The minimum absolute atomic E-state index is 0.00626. The quantitative estimate of drug-likeness (QED) is 0.521. The van der Waals surface area contributed by atoms with E-state index in [0.29, 0.717) is 11.3 Å². The van der Waals surface area contributed by atoms with Crippen LogP contribution in [0.3, 0.4) is 0 Å². The highest BCUT2D eigenvalue weighted by Gasteiger charge is 2.30. The molecule has 1 aliphatic rings. The molecule has 3 aromatic rings. The fraction of sp³-hybridized carbons (Fsp3) is 0.167. The zero-order chi connectivity index (χ0) is 22.7. The van der Waals surface area contributed by atoms with Gasteiger partial charge in [-0.05, 0) is 67.4 Å². The Bertz CT molecular complexity index is 1160. The van der Waals surface area contributed by atoms with Crippen molar-refractivity contribution in [2.75, 3.05) is 5.32 Å². The molecule has 0 heterocycles. The largest absolute Gasteiger partial charge is 0.457 e. The molecule has 1 aliphatic carbocycles. The molecule has 1 fully saturated rings. The van der Waals surface area contributed by atoms with E-state index in [1.165, 1.54) is 18.2 Å². The Morgan fingerprint density at radius 3 is 2.12 bits per heavy atom. The molecule has 2 amide bonds. The SMILES string of the molecule is O=C(Nc1cccc(C(=O)NC2CC2)c1)c1cccc(Oc2cccc(C(F)(F)F)c2)c1. The van der Waals surface area contributed by atoms with Gasteiger partial charge in [-0.25, -0.2) is 0 Å². The summed E-state index contributed by atoms with van der Waals surface area (Å²) >= 11 is 0. The van der Waals surface area contributed by atoms with Crippen molar-refractivity contribution in [2.45, 2.75) is 25.1 Å². The van der Waals surface area contributed by atoms with Gasteiger partial charge in [-0.1, -0.05) is 18.2 Å². The van der Waals surface area contributed by atoms with Crippen molar-refractivity contribution in [1.29, 1.82) is 0 Å². The van der Waals surface area contributed by atoms with E-state index in [4.69, 9.17) is 4.74 Å². The Morgan fingerprint density at radius 1 is 0.812 bits per heavy atom. The molecule has 0 spiro atoms. The van der Waals surface area contributed by atoms with Gasteiger partial charge in [-0.2, -0.15) is 13.2 Å². The number of hydrogen-bond acceptors (Lipinski definition) is 3. The topological polar surface area (TPSA) is 67.4 Å². The fourth-order valence-electron chi connectivity index (χ4n) is 3.01. The van der Waals surface area contributed by atoms with Gasteiger partial charge in [0.25, 0.3) is 11.8 Å². The summed E-state index contributed by atoms with van der Waals surface area (Å²) in [6.45, 7) is 0. The first-order valence-corrected chi connectivity index (χ1v) is 9.95. The Morgan fingerprint density at radius 2 is 1.44 bits per heavy atom. The number of nitrogens with one attached hydrogen (secondary N) is 2. The van der Waals surface area contributed by atoms with Crippen LogP contribution in [0.15, 0.2) is 72.8 Å². The molecule has 0 aliphatic heterocycles. The lowest BCUT2D eigenvalue weighted by Crippen LogP contribution is -2.25. The number of rotatable bonds is 6. The maximum absolute atomic E-state index is 12.9. The minimum atomic E-state index is -4.48. The van der Waals surface area contributed by atoms with Gasteiger partial charge in [0.1, 0.15) is 11.5 Å². The van der Waals surface area contributed by atoms with E-state index in [9.17, 15) is 22.8 Å². The number of alkyl halides is 3. The Kier molecular flexibility index (Phi) is 5.85. The summed E-state index contributed by atoms with van der Waals surface area (Å²) in [5.41, 5.74) is 0.316. The summed E-state index contributed by atoms with van der Waals surface area (Å²) in [5.74, 6) is -0.416. The van der Waals surface area contributed by atoms with Crippen molar-refractivity contribution in [3.05, 3.63) is 89.5 Å². The molecule has 0 bridgehead atoms. The van der Waals surface area contributed by atoms with Crippen LogP contribution < -0.4 is 15.4 Å². The van der Waals surface area contributed by atoms with Crippen LogP contribution >= 0.6 is 0 Å². The zero-order valence-corrected chi connectivity index (χ0v) is 16.8. The Balaban J connectivity index is 1.45. The number of carbonyl (C=O) groups excluding carboxylic acids is 2. The predicted octanol–water partition coefficient (Wildman–Crippen LogP) is 5.64. The molecule has 8 heteroatoms. The molecule has 2 N–H and O–H groups in total. The van der Waals surface area contributed by atoms with Crippen molar-refractivity contribution in [2.24, 2.45) is 0 Å². The third kappa shape index (κ3) is 5.46. The lowest BCUT2D eigenvalue weighted by Gasteiger charge is -2.11. The number of amides is 2. The molecule has 0 unspecified atom stereocenters. The van der Waals surface area contributed by atoms with Crippen LogP contribution in [0.1, 0.15) is 39.1 Å². The standard InChI is InChI=1S/C24H19F3N2O3/c25-24(26,27)17-6-3-9-21(14-17)32-20-8-2-5-16(13-20)23(31)29-19-7-1-4-15(12-19)22(30)28-18-10-11-18/h1-9,12-14,18H,10-11H2,(H,28,30)(H,29,31). The number of ether oxygens (including phenoxy) is 1. The number of carbonyl (C=O) groups is 2. The summed E-state index contributed by atoms with van der Waals surface area (Å²) < 4.78 is 44.2. The van der Waals surface area contributed by atoms with Gasteiger partial charge in [0.05, 0.1) is 5.56 Å². The Labute approximate surface area is 182 Å². The molecule has 4 rings (SSSR count). The number of hydrogen-bond donors (Lipinski definition) is 2. The second-order valence-corrected chi connectivity index (χ2v) is 7.44. The predicted molar refractivity (Wildman–Crippen MR) is 113 cm³/mol. The van der Waals surface area contributed by atoms with Gasteiger partial charge < -0.3 is 15.4 Å². The first kappa shape index (κ1) is 21.4. The maximum Gasteiger partial charge on any atom is 0.416 e. The van der Waals surface area contributed by atoms with Crippen molar-refractivity contribution < 1.29 is 27.5 Å². The molecule has 5 nitrogen and oxygen atoms in total. The van der Waals surface area contributed by atoms with Gasteiger partial charge in [0, 0.05) is 22.9 Å². The number of halogens is 3. The van der Waals surface area contributed by atoms with E-state index < -0.39 is 17.6 Å². The van der Waals surface area contributed by atoms with E-state index in [2.05, 4.69) is 10.6 Å². The van der Waals surface area contributed by atoms with Crippen LogP contribution in [-0.4, -0.2) is 17.9 Å². The molecule has 32 heavy (non-hydrogen) atoms. The molecule has 0 aromatic heterocycles. The molecular weight excluding hydrogens is 421 g/mol. The first-order chi connectivity index (χ1) is 15.3. The fourth-order valence-corrected chi connectivity index (χ4v) is 3.01. The van der Waals surface area contributed by atoms with Gasteiger partial charge in [0.15, 0.2) is 0 Å². The highest BCUT2D eigenvalue weighted by atomic mass is 19.4. The number of benzene rings is 3. The van der Waals surface area contributed by atoms with Crippen LogP contribution in [-0.2, 0) is 6.18 Å². The third-order valence-electron chi connectivity index (χ3n) is 4.79. The van der Waals surface area contributed by atoms with Crippen LogP contribution in [0.4, 0.5) is 18.9 Å². The molecular formula is C24H19F3N2O3. The minimum Gasteiger partial charge on any atom is -0.457 e. The summed E-state index contributed by atoms with van der Waals surface area (Å²) in [6.07, 6.45) is -2.53. The Hall–Kier alpha value is -3.81. The highest BCUT2D eigenvalue weighted by molar-refractivity contribution is 6.05. The van der Waals surface area contributed by atoms with Crippen LogP contribution in [0.2, 0.25) is 0 Å². The van der Waals surface area contributed by atoms with Crippen molar-refractivity contribution in [3.8, 4) is 11.5 Å². The summed E-state index contributed by atoms with van der Waals surface area (Å²) in [5, 5.41) is 5.61. The lowest BCUT2D eigenvalue weighted by molar-refractivity contribution is -0.137. The van der Waals surface area contributed by atoms with Gasteiger partial charge in [0.2, 0.25) is 0 Å². The second kappa shape index (κ2) is 8.74. The van der Waals surface area contributed by atoms with E-state index in [1.807, 2.05) is 0 Å². The molecule has 0 atom stereocenters. The van der Waals surface area contributed by atoms with Gasteiger partial charge >= 0.3 is 6.18 Å². The normalized spacial score (nSPS) is 13.3. The monoisotopic (exact) mass is 440 g/mol. The van der Waals surface area contributed by atoms with E-state index in [1.54, 1.807) is 42.5 Å². The third-order valence-corrected chi connectivity index (χ3v) is 4.79. The number of anilines is 1. The molecule has 3 aromatic carbocycles. The first-order valence-electron chi connectivity index (χ1n) is 9.95. The van der Waals surface area contributed by atoms with E-state index in [0.717, 1.165) is 25.0 Å². The molecule has 0 radical (unpaired) electrons. The van der Waals surface area contributed by atoms with Gasteiger partial charge in [-0.3, -0.25) is 9.59 Å². The highest BCUT2D eigenvalue weighted by Crippen LogP contribution is 2.33. The van der Waals surface area contributed by atoms with Gasteiger partial charge in [-0.15, -0.1) is 0 Å². The summed E-state index contributed by atoms with van der Waals surface area (Å²) in [6, 6.07) is 17.4. The smallest absolute Gasteiger partial charge is 0.416 e. The summed E-state index contributed by atoms with van der Waals surface area (Å²) in [7, 11) is 0. The zero-order valence-electron chi connectivity index (χ0n) is 16.8. The van der Waals surface area contributed by atoms with Crippen LogP contribution in [0.5, 0.6) is 11.5 Å². The van der Waals surface area contributed by atoms with Crippen molar-refractivity contribution >= 4 is 17.5 Å². The van der Waals surface area contributed by atoms with Crippen LogP contribution in [0, 0.1) is 0 Å². The molecule has 0 saturated heterocycles. The van der Waals surface area contributed by atoms with Crippen LogP contribution in [0.25, 0.3) is 0 Å². The van der Waals surface area contributed by atoms with Crippen molar-refractivity contribution in [3.63, 3.8) is 0 Å². The summed E-state index contributed by atoms with van der Waals surface area (Å²) in [4.78, 5) is 24.9. The average molecular weight is 440 g/mol. The van der Waals surface area contributed by atoms with E-state index in [-0.39, 0.29) is 29.0 Å². The lowest BCUT2D eigenvalue weighted by atomic mass is 10.1. The molecule has 164 valence electrons.